The summed E-state index contributed by atoms with van der Waals surface area (Å²) in [5.74, 6) is -1.07. The quantitative estimate of drug-likeness (QED) is 0.888. The van der Waals surface area contributed by atoms with Crippen molar-refractivity contribution < 1.29 is 19.4 Å². The monoisotopic (exact) mass is 303 g/mol. The number of hydrogen-bond donors (Lipinski definition) is 2. The van der Waals surface area contributed by atoms with Gasteiger partial charge in [0.25, 0.3) is 0 Å². The molecule has 1 atom stereocenters. The maximum atomic E-state index is 11.8. The molecular formula is C12H18ClN3O4. The number of alkyl carbamates (subject to hydrolysis) is 1. The molecule has 0 aromatic carbocycles. The third kappa shape index (κ3) is 4.73. The molecule has 2 N–H and O–H groups in total. The van der Waals surface area contributed by atoms with E-state index in [0.29, 0.717) is 5.69 Å². The van der Waals surface area contributed by atoms with Crippen molar-refractivity contribution in [2.75, 3.05) is 0 Å². The van der Waals surface area contributed by atoms with Crippen molar-refractivity contribution in [3.63, 3.8) is 0 Å². The molecule has 0 aliphatic carbocycles. The molecule has 0 unspecified atom stereocenters. The Bertz CT molecular complexity index is 488. The van der Waals surface area contributed by atoms with Gasteiger partial charge in [0, 0.05) is 7.05 Å². The van der Waals surface area contributed by atoms with Crippen molar-refractivity contribution in [2.24, 2.45) is 7.05 Å². The Morgan fingerprint density at radius 1 is 1.55 bits per heavy atom. The molecule has 20 heavy (non-hydrogen) atoms. The number of carboxylic acids is 1. The molecule has 1 heterocycles. The first-order valence-corrected chi connectivity index (χ1v) is 6.36. The number of rotatable bonds is 4. The minimum absolute atomic E-state index is 0.287. The first-order valence-electron chi connectivity index (χ1n) is 5.99. The maximum Gasteiger partial charge on any atom is 0.408 e. The lowest BCUT2D eigenvalue weighted by Gasteiger charge is -2.23. The zero-order valence-corrected chi connectivity index (χ0v) is 12.6. The largest absolute Gasteiger partial charge is 0.481 e. The fourth-order valence-electron chi connectivity index (χ4n) is 1.65. The van der Waals surface area contributed by atoms with Gasteiger partial charge in [-0.15, -0.1) is 0 Å². The van der Waals surface area contributed by atoms with Gasteiger partial charge in [0.05, 0.1) is 29.4 Å². The number of aromatic nitrogens is 2. The summed E-state index contributed by atoms with van der Waals surface area (Å²) in [4.78, 5) is 22.7. The molecule has 1 aromatic rings. The highest BCUT2D eigenvalue weighted by Gasteiger charge is 2.26. The average molecular weight is 304 g/mol. The van der Waals surface area contributed by atoms with Gasteiger partial charge >= 0.3 is 12.1 Å². The van der Waals surface area contributed by atoms with Gasteiger partial charge in [-0.25, -0.2) is 4.79 Å². The van der Waals surface area contributed by atoms with E-state index in [1.807, 2.05) is 0 Å². The smallest absolute Gasteiger partial charge is 0.408 e. The summed E-state index contributed by atoms with van der Waals surface area (Å²) in [6.45, 7) is 5.15. The van der Waals surface area contributed by atoms with Crippen LogP contribution in [0.1, 0.15) is 38.9 Å². The molecule has 112 valence electrons. The Labute approximate surface area is 121 Å². The highest BCUT2D eigenvalue weighted by atomic mass is 35.5. The molecule has 0 aliphatic rings. The third-order valence-electron chi connectivity index (χ3n) is 2.34. The summed E-state index contributed by atoms with van der Waals surface area (Å²) in [6, 6.07) is -0.817. The fraction of sp³-hybridized carbons (Fsp3) is 0.583. The van der Waals surface area contributed by atoms with Gasteiger partial charge in [0.1, 0.15) is 5.60 Å². The van der Waals surface area contributed by atoms with Gasteiger partial charge < -0.3 is 15.2 Å². The maximum absolute atomic E-state index is 11.8. The number of nitrogens with one attached hydrogen (secondary N) is 1. The van der Waals surface area contributed by atoms with E-state index < -0.39 is 23.7 Å². The van der Waals surface area contributed by atoms with Crippen LogP contribution in [0.15, 0.2) is 6.20 Å². The lowest BCUT2D eigenvalue weighted by atomic mass is 10.1. The molecule has 0 saturated carbocycles. The number of carbonyl (C=O) groups is 2. The number of halogens is 1. The first kappa shape index (κ1) is 16.3. The number of carbonyl (C=O) groups excluding carboxylic acids is 1. The second kappa shape index (κ2) is 6.13. The molecule has 0 fully saturated rings. The minimum atomic E-state index is -1.07. The SMILES string of the molecule is Cn1ncc(Cl)c1[C@@H](CC(=O)O)NC(=O)OC(C)(C)C. The Kier molecular flexibility index (Phi) is 4.99. The summed E-state index contributed by atoms with van der Waals surface area (Å²) in [6.07, 6.45) is 0.363. The summed E-state index contributed by atoms with van der Waals surface area (Å²) < 4.78 is 6.54. The van der Waals surface area contributed by atoms with Crippen LogP contribution in [-0.4, -0.2) is 32.6 Å². The molecule has 0 radical (unpaired) electrons. The van der Waals surface area contributed by atoms with Crippen molar-refractivity contribution in [3.05, 3.63) is 16.9 Å². The number of nitrogens with zero attached hydrogens (tertiary/aromatic N) is 2. The number of carboxylic acid groups (broad SMARTS) is 1. The van der Waals surface area contributed by atoms with Crippen molar-refractivity contribution in [1.82, 2.24) is 15.1 Å². The Hall–Kier alpha value is -1.76. The van der Waals surface area contributed by atoms with Crippen LogP contribution in [0.4, 0.5) is 4.79 Å². The van der Waals surface area contributed by atoms with E-state index in [-0.39, 0.29) is 11.4 Å². The van der Waals surface area contributed by atoms with Crippen LogP contribution in [0.2, 0.25) is 5.02 Å². The lowest BCUT2D eigenvalue weighted by Crippen LogP contribution is -2.36. The van der Waals surface area contributed by atoms with Crippen LogP contribution in [0.3, 0.4) is 0 Å². The number of aryl methyl sites for hydroxylation is 1. The van der Waals surface area contributed by atoms with Crippen LogP contribution >= 0.6 is 11.6 Å². The lowest BCUT2D eigenvalue weighted by molar-refractivity contribution is -0.137. The number of aliphatic carboxylic acids is 1. The first-order chi connectivity index (χ1) is 9.10. The Balaban J connectivity index is 2.91. The van der Waals surface area contributed by atoms with Crippen molar-refractivity contribution in [2.45, 2.75) is 38.8 Å². The molecule has 0 spiro atoms. The van der Waals surface area contributed by atoms with Gasteiger partial charge in [-0.1, -0.05) is 11.6 Å². The van der Waals surface area contributed by atoms with E-state index in [1.54, 1.807) is 27.8 Å². The van der Waals surface area contributed by atoms with E-state index >= 15 is 0 Å². The van der Waals surface area contributed by atoms with Gasteiger partial charge in [0.15, 0.2) is 0 Å². The summed E-state index contributed by atoms with van der Waals surface area (Å²) in [7, 11) is 1.62. The third-order valence-corrected chi connectivity index (χ3v) is 2.63. The molecule has 1 amide bonds. The van der Waals surface area contributed by atoms with Crippen LogP contribution in [0.5, 0.6) is 0 Å². The molecule has 8 heteroatoms. The number of ether oxygens (including phenoxy) is 1. The van der Waals surface area contributed by atoms with Crippen molar-refractivity contribution in [1.29, 1.82) is 0 Å². The predicted octanol–water partition coefficient (Wildman–Crippen LogP) is 2.11. The van der Waals surface area contributed by atoms with Crippen molar-refractivity contribution in [3.8, 4) is 0 Å². The Morgan fingerprint density at radius 3 is 2.55 bits per heavy atom. The molecule has 7 nitrogen and oxygen atoms in total. The molecule has 1 rings (SSSR count). The molecular weight excluding hydrogens is 286 g/mol. The van der Waals surface area contributed by atoms with E-state index in [0.717, 1.165) is 0 Å². The second-order valence-electron chi connectivity index (χ2n) is 5.30. The summed E-state index contributed by atoms with van der Waals surface area (Å²) in [5.41, 5.74) is -0.256. The minimum Gasteiger partial charge on any atom is -0.481 e. The van der Waals surface area contributed by atoms with Gasteiger partial charge in [-0.2, -0.15) is 5.10 Å². The highest BCUT2D eigenvalue weighted by molar-refractivity contribution is 6.31. The van der Waals surface area contributed by atoms with E-state index in [4.69, 9.17) is 21.4 Å². The normalized spacial score (nSPS) is 12.8. The van der Waals surface area contributed by atoms with Gasteiger partial charge in [0.2, 0.25) is 0 Å². The standard InChI is InChI=1S/C12H18ClN3O4/c1-12(2,3)20-11(19)15-8(5-9(17)18)10-7(13)6-14-16(10)4/h6,8H,5H2,1-4H3,(H,15,19)(H,17,18)/t8-/m1/s1. The Morgan fingerprint density at radius 2 is 2.15 bits per heavy atom. The van der Waals surface area contributed by atoms with Crippen LogP contribution in [0.25, 0.3) is 0 Å². The van der Waals surface area contributed by atoms with E-state index in [2.05, 4.69) is 10.4 Å². The van der Waals surface area contributed by atoms with Gasteiger partial charge in [-0.05, 0) is 20.8 Å². The zero-order chi connectivity index (χ0) is 15.5. The summed E-state index contributed by atoms with van der Waals surface area (Å²) >= 11 is 5.97. The van der Waals surface area contributed by atoms with Crippen LogP contribution in [-0.2, 0) is 16.6 Å². The van der Waals surface area contributed by atoms with Crippen LogP contribution in [0, 0.1) is 0 Å². The second-order valence-corrected chi connectivity index (χ2v) is 5.71. The number of hydrogen-bond acceptors (Lipinski definition) is 4. The highest BCUT2D eigenvalue weighted by Crippen LogP contribution is 2.25. The number of amides is 1. The van der Waals surface area contributed by atoms with E-state index in [1.165, 1.54) is 10.9 Å². The van der Waals surface area contributed by atoms with Gasteiger partial charge in [-0.3, -0.25) is 9.48 Å². The zero-order valence-electron chi connectivity index (χ0n) is 11.8. The molecule has 1 aromatic heterocycles. The van der Waals surface area contributed by atoms with Crippen molar-refractivity contribution >= 4 is 23.7 Å². The van der Waals surface area contributed by atoms with E-state index in [9.17, 15) is 9.59 Å². The topological polar surface area (TPSA) is 93.5 Å². The van der Waals surface area contributed by atoms with Crippen LogP contribution < -0.4 is 5.32 Å². The molecule has 0 bridgehead atoms. The molecule has 0 saturated heterocycles. The average Bonchev–Trinajstić information content (AvgIpc) is 2.53. The predicted molar refractivity (Wildman–Crippen MR) is 72.6 cm³/mol. The summed E-state index contributed by atoms with van der Waals surface area (Å²) in [5, 5.41) is 15.7. The molecule has 0 aliphatic heterocycles. The fourth-order valence-corrected chi connectivity index (χ4v) is 1.95.